The van der Waals surface area contributed by atoms with Crippen LogP contribution in [0.4, 0.5) is 0 Å². The van der Waals surface area contributed by atoms with Crippen molar-refractivity contribution in [1.29, 1.82) is 0 Å². The zero-order valence-electron chi connectivity index (χ0n) is 15.6. The highest BCUT2D eigenvalue weighted by Gasteiger charge is 2.20. The van der Waals surface area contributed by atoms with Crippen LogP contribution in [0, 0.1) is 13.8 Å². The van der Waals surface area contributed by atoms with Crippen LogP contribution in [0.2, 0.25) is 0 Å². The third-order valence-corrected chi connectivity index (χ3v) is 5.00. The summed E-state index contributed by atoms with van der Waals surface area (Å²) in [6, 6.07) is 7.57. The van der Waals surface area contributed by atoms with Crippen LogP contribution in [0.1, 0.15) is 46.6 Å². The Morgan fingerprint density at radius 1 is 1.12 bits per heavy atom. The number of ether oxygens (including phenoxy) is 1. The molecular weight excluding hydrogens is 330 g/mol. The van der Waals surface area contributed by atoms with Crippen molar-refractivity contribution < 1.29 is 14.3 Å². The minimum absolute atomic E-state index is 0.0983. The molecule has 6 nitrogen and oxygen atoms in total. The number of hydrogen-bond donors (Lipinski definition) is 0. The van der Waals surface area contributed by atoms with Gasteiger partial charge < -0.3 is 9.64 Å². The van der Waals surface area contributed by atoms with Gasteiger partial charge in [-0.3, -0.25) is 9.59 Å². The quantitative estimate of drug-likeness (QED) is 0.774. The van der Waals surface area contributed by atoms with Crippen LogP contribution in [0.15, 0.2) is 24.3 Å². The van der Waals surface area contributed by atoms with Gasteiger partial charge in [0.05, 0.1) is 18.5 Å². The van der Waals surface area contributed by atoms with E-state index in [2.05, 4.69) is 5.10 Å². The Balaban J connectivity index is 1.78. The minimum atomic E-state index is -0.221. The topological polar surface area (TPSA) is 64.4 Å². The molecule has 1 aliphatic rings. The summed E-state index contributed by atoms with van der Waals surface area (Å²) in [6.45, 7) is 5.64. The first-order chi connectivity index (χ1) is 12.5. The molecule has 2 aromatic rings. The van der Waals surface area contributed by atoms with Crippen molar-refractivity contribution in [3.8, 4) is 5.69 Å². The number of hydrogen-bond acceptors (Lipinski definition) is 4. The van der Waals surface area contributed by atoms with Crippen molar-refractivity contribution in [2.75, 3.05) is 20.2 Å². The molecule has 0 atom stereocenters. The lowest BCUT2D eigenvalue weighted by molar-refractivity contribution is -0.140. The number of methoxy groups -OCH3 is 1. The maximum Gasteiger partial charge on any atom is 0.305 e. The average molecular weight is 355 g/mol. The number of nitrogens with zero attached hydrogens (tertiary/aromatic N) is 3. The van der Waals surface area contributed by atoms with Gasteiger partial charge in [0.1, 0.15) is 0 Å². The molecule has 0 unspecified atom stereocenters. The molecule has 0 bridgehead atoms. The van der Waals surface area contributed by atoms with Gasteiger partial charge in [-0.15, -0.1) is 0 Å². The molecule has 0 N–H and O–H groups in total. The third-order valence-electron chi connectivity index (χ3n) is 5.00. The van der Waals surface area contributed by atoms with Gasteiger partial charge in [0.15, 0.2) is 0 Å². The summed E-state index contributed by atoms with van der Waals surface area (Å²) in [5.74, 6) is -0.123. The van der Waals surface area contributed by atoms with Gasteiger partial charge in [-0.1, -0.05) is 0 Å². The predicted octanol–water partition coefficient (Wildman–Crippen LogP) is 2.83. The lowest BCUT2D eigenvalue weighted by Gasteiger charge is -2.15. The van der Waals surface area contributed by atoms with Crippen LogP contribution in [-0.4, -0.2) is 46.8 Å². The molecule has 1 saturated heterocycles. The fourth-order valence-electron chi connectivity index (χ4n) is 3.47. The van der Waals surface area contributed by atoms with Gasteiger partial charge >= 0.3 is 5.97 Å². The van der Waals surface area contributed by atoms with Crippen molar-refractivity contribution in [3.63, 3.8) is 0 Å². The second kappa shape index (κ2) is 7.72. The zero-order valence-corrected chi connectivity index (χ0v) is 15.6. The van der Waals surface area contributed by atoms with E-state index in [1.165, 1.54) is 7.11 Å². The second-order valence-electron chi connectivity index (χ2n) is 6.68. The molecule has 138 valence electrons. The molecule has 0 aliphatic carbocycles. The number of aryl methyl sites for hydroxylation is 1. The smallest absolute Gasteiger partial charge is 0.305 e. The monoisotopic (exact) mass is 355 g/mol. The molecule has 0 spiro atoms. The van der Waals surface area contributed by atoms with E-state index >= 15 is 0 Å². The van der Waals surface area contributed by atoms with Crippen molar-refractivity contribution in [2.24, 2.45) is 0 Å². The molecule has 1 aromatic carbocycles. The van der Waals surface area contributed by atoms with Gasteiger partial charge in [-0.25, -0.2) is 4.68 Å². The number of carbonyl (C=O) groups is 2. The summed E-state index contributed by atoms with van der Waals surface area (Å²) < 4.78 is 6.59. The first-order valence-corrected chi connectivity index (χ1v) is 9.03. The van der Waals surface area contributed by atoms with E-state index in [4.69, 9.17) is 4.74 Å². The summed E-state index contributed by atoms with van der Waals surface area (Å²) in [5, 5.41) is 4.61. The van der Waals surface area contributed by atoms with E-state index in [-0.39, 0.29) is 11.9 Å². The highest BCUT2D eigenvalue weighted by atomic mass is 16.5. The molecule has 0 radical (unpaired) electrons. The van der Waals surface area contributed by atoms with Gasteiger partial charge in [0, 0.05) is 30.8 Å². The lowest BCUT2D eigenvalue weighted by Crippen LogP contribution is -2.27. The average Bonchev–Trinajstić information content (AvgIpc) is 3.28. The second-order valence-corrected chi connectivity index (χ2v) is 6.68. The van der Waals surface area contributed by atoms with Crippen LogP contribution in [0.5, 0.6) is 0 Å². The number of esters is 1. The number of likely N-dealkylation sites (tertiary alicyclic amines) is 1. The van der Waals surface area contributed by atoms with E-state index in [9.17, 15) is 9.59 Å². The van der Waals surface area contributed by atoms with Gasteiger partial charge in [0.25, 0.3) is 5.91 Å². The molecule has 0 saturated carbocycles. The molecule has 6 heteroatoms. The van der Waals surface area contributed by atoms with E-state index in [1.807, 2.05) is 47.7 Å². The molecule has 3 rings (SSSR count). The normalized spacial score (nSPS) is 13.9. The Kier molecular flexibility index (Phi) is 5.40. The predicted molar refractivity (Wildman–Crippen MR) is 98.5 cm³/mol. The number of carbonyl (C=O) groups excluding carboxylic acids is 2. The Labute approximate surface area is 153 Å². The summed E-state index contributed by atoms with van der Waals surface area (Å²) >= 11 is 0. The fourth-order valence-corrected chi connectivity index (χ4v) is 3.47. The lowest BCUT2D eigenvalue weighted by atomic mass is 10.1. The standard InChI is InChI=1S/C20H25N3O3/c1-14-18(10-11-19(24)26-3)15(2)23(21-14)17-8-6-16(7-9-17)20(25)22-12-4-5-13-22/h6-9H,4-5,10-13H2,1-3H3. The first-order valence-electron chi connectivity index (χ1n) is 9.03. The molecular formula is C20H25N3O3. The number of aromatic nitrogens is 2. The largest absolute Gasteiger partial charge is 0.469 e. The van der Waals surface area contributed by atoms with Crippen molar-refractivity contribution >= 4 is 11.9 Å². The maximum atomic E-state index is 12.5. The molecule has 26 heavy (non-hydrogen) atoms. The fraction of sp³-hybridized carbons (Fsp3) is 0.450. The van der Waals surface area contributed by atoms with Crippen molar-refractivity contribution in [1.82, 2.24) is 14.7 Å². The Morgan fingerprint density at radius 3 is 2.38 bits per heavy atom. The van der Waals surface area contributed by atoms with Crippen molar-refractivity contribution in [3.05, 3.63) is 46.8 Å². The summed E-state index contributed by atoms with van der Waals surface area (Å²) in [6.07, 6.45) is 3.12. The Hall–Kier alpha value is -2.63. The third kappa shape index (κ3) is 3.64. The minimum Gasteiger partial charge on any atom is -0.469 e. The van der Waals surface area contributed by atoms with E-state index < -0.39 is 0 Å². The highest BCUT2D eigenvalue weighted by molar-refractivity contribution is 5.94. The van der Waals surface area contributed by atoms with Crippen LogP contribution < -0.4 is 0 Å². The van der Waals surface area contributed by atoms with Crippen molar-refractivity contribution in [2.45, 2.75) is 39.5 Å². The van der Waals surface area contributed by atoms with E-state index in [0.29, 0.717) is 18.4 Å². The Bertz CT molecular complexity index is 802. The molecule has 1 fully saturated rings. The van der Waals surface area contributed by atoms with Crippen LogP contribution in [0.3, 0.4) is 0 Å². The number of benzene rings is 1. The van der Waals surface area contributed by atoms with E-state index in [1.54, 1.807) is 0 Å². The molecule has 1 aliphatic heterocycles. The van der Waals surface area contributed by atoms with Crippen LogP contribution in [-0.2, 0) is 16.0 Å². The number of rotatable bonds is 5. The maximum absolute atomic E-state index is 12.5. The summed E-state index contributed by atoms with van der Waals surface area (Å²) in [7, 11) is 1.40. The molecule has 1 aromatic heterocycles. The first kappa shape index (κ1) is 18.2. The number of amides is 1. The van der Waals surface area contributed by atoms with Gasteiger partial charge in [0.2, 0.25) is 0 Å². The van der Waals surface area contributed by atoms with Crippen LogP contribution >= 0.6 is 0 Å². The van der Waals surface area contributed by atoms with E-state index in [0.717, 1.165) is 48.6 Å². The van der Waals surface area contributed by atoms with Gasteiger partial charge in [-0.2, -0.15) is 5.10 Å². The Morgan fingerprint density at radius 2 is 1.77 bits per heavy atom. The van der Waals surface area contributed by atoms with Crippen LogP contribution in [0.25, 0.3) is 5.69 Å². The van der Waals surface area contributed by atoms with Gasteiger partial charge in [-0.05, 0) is 62.9 Å². The highest BCUT2D eigenvalue weighted by Crippen LogP contribution is 2.21. The zero-order chi connectivity index (χ0) is 18.7. The SMILES string of the molecule is COC(=O)CCc1c(C)nn(-c2ccc(C(=O)N3CCCC3)cc2)c1C. The molecule has 2 heterocycles. The summed E-state index contributed by atoms with van der Waals surface area (Å²) in [4.78, 5) is 25.8. The molecule has 1 amide bonds. The summed E-state index contributed by atoms with van der Waals surface area (Å²) in [5.41, 5.74) is 4.59.